The lowest BCUT2D eigenvalue weighted by atomic mass is 10.1. The van der Waals surface area contributed by atoms with Crippen LogP contribution in [0.2, 0.25) is 0 Å². The van der Waals surface area contributed by atoms with Gasteiger partial charge >= 0.3 is 18.0 Å². The van der Waals surface area contributed by atoms with Crippen molar-refractivity contribution in [3.63, 3.8) is 0 Å². The summed E-state index contributed by atoms with van der Waals surface area (Å²) in [6, 6.07) is 6.96. The molecule has 1 aromatic carbocycles. The zero-order chi connectivity index (χ0) is 23.9. The molecule has 0 radical (unpaired) electrons. The van der Waals surface area contributed by atoms with Crippen LogP contribution < -0.4 is 15.1 Å². The summed E-state index contributed by atoms with van der Waals surface area (Å²) in [6.07, 6.45) is -3.37. The minimum Gasteiger partial charge on any atom is -0.353 e. The van der Waals surface area contributed by atoms with E-state index in [0.29, 0.717) is 36.7 Å². The van der Waals surface area contributed by atoms with Gasteiger partial charge in [-0.15, -0.1) is 0 Å². The summed E-state index contributed by atoms with van der Waals surface area (Å²) in [5, 5.41) is 2.59. The number of likely N-dealkylation sites (N-methyl/N-ethyl adjacent to an activating group) is 1. The predicted octanol–water partition coefficient (Wildman–Crippen LogP) is 2.30. The Bertz CT molecular complexity index is 1100. The lowest BCUT2D eigenvalue weighted by molar-refractivity contribution is -0.144. The summed E-state index contributed by atoms with van der Waals surface area (Å²) in [4.78, 5) is 45.8. The Hall–Kier alpha value is -3.63. The zero-order valence-corrected chi connectivity index (χ0v) is 18.0. The van der Waals surface area contributed by atoms with E-state index in [-0.39, 0.29) is 18.5 Å². The van der Waals surface area contributed by atoms with Crippen molar-refractivity contribution >= 4 is 34.9 Å². The van der Waals surface area contributed by atoms with Crippen molar-refractivity contribution in [2.24, 2.45) is 0 Å². The monoisotopic (exact) mass is 461 g/mol. The molecule has 0 unspecified atom stereocenters. The van der Waals surface area contributed by atoms with Crippen LogP contribution in [0, 0.1) is 0 Å². The molecule has 0 aliphatic carbocycles. The van der Waals surface area contributed by atoms with Gasteiger partial charge in [0.1, 0.15) is 5.82 Å². The number of carbonyl (C=O) groups excluding carboxylic acids is 3. The standard InChI is InChI=1S/C22H22F3N5O3/c1-13-12-29(18-6-4-15(11-26-18)22(23,24)25)7-8-30(13)21(33)20(32)27-16-5-3-14-9-19(31)28(2)17(14)10-16/h3-6,10-11,13H,7-9,12H2,1-2H3,(H,27,32)/t13-/m1/s1. The number of nitrogens with zero attached hydrogens (tertiary/aromatic N) is 4. The van der Waals surface area contributed by atoms with E-state index in [0.717, 1.165) is 17.8 Å². The third kappa shape index (κ3) is 4.48. The van der Waals surface area contributed by atoms with E-state index in [1.54, 1.807) is 37.1 Å². The molecule has 2 aliphatic rings. The molecule has 1 saturated heterocycles. The number of hydrogen-bond donors (Lipinski definition) is 1. The fraction of sp³-hybridized carbons (Fsp3) is 0.364. The minimum atomic E-state index is -4.46. The maximum absolute atomic E-state index is 12.8. The summed E-state index contributed by atoms with van der Waals surface area (Å²) >= 11 is 0. The Morgan fingerprint density at radius 3 is 2.55 bits per heavy atom. The van der Waals surface area contributed by atoms with Crippen LogP contribution in [0.15, 0.2) is 36.5 Å². The third-order valence-electron chi connectivity index (χ3n) is 5.90. The van der Waals surface area contributed by atoms with Gasteiger partial charge in [0, 0.05) is 50.3 Å². The van der Waals surface area contributed by atoms with Crippen molar-refractivity contribution in [3.8, 4) is 0 Å². The maximum atomic E-state index is 12.8. The average Bonchev–Trinajstić information content (AvgIpc) is 3.06. The molecule has 0 bridgehead atoms. The Morgan fingerprint density at radius 1 is 1.15 bits per heavy atom. The van der Waals surface area contributed by atoms with Gasteiger partial charge in [0.15, 0.2) is 0 Å². The van der Waals surface area contributed by atoms with Gasteiger partial charge in [-0.25, -0.2) is 4.98 Å². The number of amides is 3. The van der Waals surface area contributed by atoms with Crippen LogP contribution in [0.5, 0.6) is 0 Å². The molecule has 3 heterocycles. The topological polar surface area (TPSA) is 85.8 Å². The molecule has 1 atom stereocenters. The smallest absolute Gasteiger partial charge is 0.353 e. The number of pyridine rings is 1. The normalized spacial score (nSPS) is 18.4. The second kappa shape index (κ2) is 8.38. The first-order valence-electron chi connectivity index (χ1n) is 10.3. The van der Waals surface area contributed by atoms with Crippen LogP contribution >= 0.6 is 0 Å². The number of aromatic nitrogens is 1. The van der Waals surface area contributed by atoms with Gasteiger partial charge in [0.25, 0.3) is 0 Å². The first-order valence-corrected chi connectivity index (χ1v) is 10.3. The van der Waals surface area contributed by atoms with E-state index in [4.69, 9.17) is 0 Å². The molecule has 1 N–H and O–H groups in total. The van der Waals surface area contributed by atoms with E-state index in [9.17, 15) is 27.6 Å². The van der Waals surface area contributed by atoms with Crippen LogP contribution in [0.1, 0.15) is 18.1 Å². The first kappa shape index (κ1) is 22.6. The van der Waals surface area contributed by atoms with Crippen molar-refractivity contribution in [1.82, 2.24) is 9.88 Å². The molecule has 1 fully saturated rings. The number of hydrogen-bond acceptors (Lipinski definition) is 5. The van der Waals surface area contributed by atoms with Crippen molar-refractivity contribution < 1.29 is 27.6 Å². The highest BCUT2D eigenvalue weighted by atomic mass is 19.4. The number of alkyl halides is 3. The number of rotatable bonds is 2. The molecule has 0 saturated carbocycles. The molecule has 2 aromatic rings. The number of anilines is 3. The summed E-state index contributed by atoms with van der Waals surface area (Å²) in [5.74, 6) is -1.16. The maximum Gasteiger partial charge on any atom is 0.417 e. The van der Waals surface area contributed by atoms with Gasteiger partial charge in [-0.05, 0) is 36.8 Å². The molecule has 174 valence electrons. The molecule has 1 aromatic heterocycles. The van der Waals surface area contributed by atoms with Gasteiger partial charge in [-0.3, -0.25) is 14.4 Å². The van der Waals surface area contributed by atoms with Gasteiger partial charge in [-0.1, -0.05) is 6.07 Å². The quantitative estimate of drug-likeness (QED) is 0.694. The Morgan fingerprint density at radius 2 is 1.91 bits per heavy atom. The largest absolute Gasteiger partial charge is 0.417 e. The van der Waals surface area contributed by atoms with E-state index in [1.165, 1.54) is 15.9 Å². The average molecular weight is 461 g/mol. The minimum absolute atomic E-state index is 0.0428. The van der Waals surface area contributed by atoms with Gasteiger partial charge < -0.3 is 20.0 Å². The Kier molecular flexibility index (Phi) is 5.73. The number of carbonyl (C=O) groups is 3. The number of benzene rings is 1. The highest BCUT2D eigenvalue weighted by molar-refractivity contribution is 6.39. The second-order valence-electron chi connectivity index (χ2n) is 8.12. The molecular weight excluding hydrogens is 439 g/mol. The van der Waals surface area contributed by atoms with E-state index in [2.05, 4.69) is 10.3 Å². The summed E-state index contributed by atoms with van der Waals surface area (Å²) in [5.41, 5.74) is 1.13. The van der Waals surface area contributed by atoms with Crippen LogP contribution in [0.25, 0.3) is 0 Å². The predicted molar refractivity (Wildman–Crippen MR) is 115 cm³/mol. The van der Waals surface area contributed by atoms with Crippen LogP contribution in [-0.4, -0.2) is 60.3 Å². The van der Waals surface area contributed by atoms with Crippen molar-refractivity contribution in [2.75, 3.05) is 41.8 Å². The molecule has 11 heteroatoms. The third-order valence-corrected chi connectivity index (χ3v) is 5.90. The number of halogens is 3. The van der Waals surface area contributed by atoms with Crippen molar-refractivity contribution in [2.45, 2.75) is 25.6 Å². The lowest BCUT2D eigenvalue weighted by Gasteiger charge is -2.40. The number of fused-ring (bicyclic) bond motifs is 1. The number of nitrogens with one attached hydrogen (secondary N) is 1. The summed E-state index contributed by atoms with van der Waals surface area (Å²) < 4.78 is 38.2. The molecule has 3 amide bonds. The van der Waals surface area contributed by atoms with Crippen LogP contribution in [-0.2, 0) is 27.0 Å². The fourth-order valence-corrected chi connectivity index (χ4v) is 4.04. The summed E-state index contributed by atoms with van der Waals surface area (Å²) in [6.45, 7) is 2.63. The van der Waals surface area contributed by atoms with Gasteiger partial charge in [0.2, 0.25) is 5.91 Å². The molecule has 8 nitrogen and oxygen atoms in total. The van der Waals surface area contributed by atoms with E-state index >= 15 is 0 Å². The fourth-order valence-electron chi connectivity index (χ4n) is 4.04. The Balaban J connectivity index is 1.38. The van der Waals surface area contributed by atoms with E-state index < -0.39 is 23.6 Å². The molecule has 0 spiro atoms. The zero-order valence-electron chi connectivity index (χ0n) is 18.0. The van der Waals surface area contributed by atoms with Gasteiger partial charge in [-0.2, -0.15) is 13.2 Å². The number of piperazine rings is 1. The SMILES string of the molecule is C[C@@H]1CN(c2ccc(C(F)(F)F)cn2)CCN1C(=O)C(=O)Nc1ccc2c(c1)N(C)C(=O)C2. The highest BCUT2D eigenvalue weighted by Gasteiger charge is 2.34. The second-order valence-corrected chi connectivity index (χ2v) is 8.12. The van der Waals surface area contributed by atoms with Gasteiger partial charge in [0.05, 0.1) is 12.0 Å². The molecular formula is C22H22F3N5O3. The lowest BCUT2D eigenvalue weighted by Crippen LogP contribution is -2.56. The first-order chi connectivity index (χ1) is 15.5. The molecule has 33 heavy (non-hydrogen) atoms. The van der Waals surface area contributed by atoms with Crippen molar-refractivity contribution in [3.05, 3.63) is 47.7 Å². The summed E-state index contributed by atoms with van der Waals surface area (Å²) in [7, 11) is 1.65. The van der Waals surface area contributed by atoms with Crippen LogP contribution in [0.3, 0.4) is 0 Å². The van der Waals surface area contributed by atoms with Crippen molar-refractivity contribution in [1.29, 1.82) is 0 Å². The Labute approximate surface area is 188 Å². The molecule has 4 rings (SSSR count). The van der Waals surface area contributed by atoms with Crippen LogP contribution in [0.4, 0.5) is 30.4 Å². The molecule has 2 aliphatic heterocycles. The van der Waals surface area contributed by atoms with E-state index in [1.807, 2.05) is 0 Å². The highest BCUT2D eigenvalue weighted by Crippen LogP contribution is 2.31.